The van der Waals surface area contributed by atoms with Crippen molar-refractivity contribution in [3.63, 3.8) is 0 Å². The molecule has 1 aliphatic rings. The van der Waals surface area contributed by atoms with Crippen LogP contribution < -0.4 is 10.6 Å². The van der Waals surface area contributed by atoms with E-state index in [4.69, 9.17) is 39.6 Å². The van der Waals surface area contributed by atoms with Gasteiger partial charge in [0.1, 0.15) is 0 Å². The second-order valence-electron chi connectivity index (χ2n) is 5.26. The number of anilines is 1. The number of carboxylic acid groups (broad SMARTS) is 4. The van der Waals surface area contributed by atoms with Gasteiger partial charge in [-0.25, -0.2) is 19.2 Å². The fraction of sp³-hybridized carbons (Fsp3) is 0.375. The van der Waals surface area contributed by atoms with E-state index in [9.17, 15) is 0 Å². The van der Waals surface area contributed by atoms with Crippen molar-refractivity contribution < 1.29 is 39.6 Å². The normalized spacial score (nSPS) is 14.7. The number of aryl methyl sites for hydroxylation is 1. The van der Waals surface area contributed by atoms with Crippen LogP contribution in [0, 0.1) is 6.92 Å². The standard InChI is InChI=1S/C12H18N2.2C2H2O4/c1-10-4-6-11(7-5-10)14-9-12-3-2-8-13-12;2*3-1(4)2(5)6/h4-7,12-14H,2-3,8-9H2,1H3;2*(H,3,4)(H,5,6). The van der Waals surface area contributed by atoms with Gasteiger partial charge in [-0.15, -0.1) is 0 Å². The second kappa shape index (κ2) is 12.3. The predicted octanol–water partition coefficient (Wildman–Crippen LogP) is 0.470. The molecule has 0 aliphatic carbocycles. The molecule has 1 saturated heterocycles. The predicted molar refractivity (Wildman–Crippen MR) is 91.2 cm³/mol. The molecule has 1 atom stereocenters. The summed E-state index contributed by atoms with van der Waals surface area (Å²) in [6.45, 7) is 4.34. The lowest BCUT2D eigenvalue weighted by Gasteiger charge is -2.12. The van der Waals surface area contributed by atoms with Gasteiger partial charge < -0.3 is 31.1 Å². The maximum Gasteiger partial charge on any atom is 0.414 e. The van der Waals surface area contributed by atoms with E-state index in [1.54, 1.807) is 0 Å². The van der Waals surface area contributed by atoms with E-state index in [1.807, 2.05) is 0 Å². The van der Waals surface area contributed by atoms with Gasteiger partial charge in [-0.05, 0) is 38.4 Å². The molecular weight excluding hydrogens is 348 g/mol. The quantitative estimate of drug-likeness (QED) is 0.410. The third-order valence-electron chi connectivity index (χ3n) is 3.13. The van der Waals surface area contributed by atoms with Crippen LogP contribution in [-0.2, 0) is 19.2 Å². The third-order valence-corrected chi connectivity index (χ3v) is 3.13. The van der Waals surface area contributed by atoms with E-state index in [2.05, 4.69) is 41.8 Å². The van der Waals surface area contributed by atoms with Gasteiger partial charge in [0.05, 0.1) is 0 Å². The van der Waals surface area contributed by atoms with Crippen LogP contribution in [-0.4, -0.2) is 63.4 Å². The van der Waals surface area contributed by atoms with Gasteiger partial charge in [0.15, 0.2) is 0 Å². The van der Waals surface area contributed by atoms with Crippen molar-refractivity contribution in [2.45, 2.75) is 25.8 Å². The van der Waals surface area contributed by atoms with Gasteiger partial charge in [0.25, 0.3) is 0 Å². The molecule has 6 N–H and O–H groups in total. The molecule has 0 saturated carbocycles. The van der Waals surface area contributed by atoms with Crippen LogP contribution in [0.5, 0.6) is 0 Å². The zero-order valence-electron chi connectivity index (χ0n) is 14.1. The van der Waals surface area contributed by atoms with Gasteiger partial charge in [0, 0.05) is 18.3 Å². The topological polar surface area (TPSA) is 173 Å². The first-order valence-electron chi connectivity index (χ1n) is 7.59. The highest BCUT2D eigenvalue weighted by atomic mass is 16.4. The summed E-state index contributed by atoms with van der Waals surface area (Å²) in [5, 5.41) is 36.5. The Balaban J connectivity index is 0.000000437. The molecule has 0 radical (unpaired) electrons. The number of benzene rings is 1. The number of nitrogens with one attached hydrogen (secondary N) is 2. The average molecular weight is 370 g/mol. The summed E-state index contributed by atoms with van der Waals surface area (Å²) in [6, 6.07) is 9.24. The molecule has 10 nitrogen and oxygen atoms in total. The Morgan fingerprint density at radius 1 is 0.962 bits per heavy atom. The second-order valence-corrected chi connectivity index (χ2v) is 5.26. The summed E-state index contributed by atoms with van der Waals surface area (Å²) in [4.78, 5) is 36.4. The van der Waals surface area contributed by atoms with E-state index in [0.29, 0.717) is 6.04 Å². The van der Waals surface area contributed by atoms with E-state index in [1.165, 1.54) is 30.6 Å². The van der Waals surface area contributed by atoms with E-state index >= 15 is 0 Å². The molecule has 1 aliphatic heterocycles. The number of hydrogen-bond acceptors (Lipinski definition) is 6. The SMILES string of the molecule is Cc1ccc(NCC2CCCN2)cc1.O=C(O)C(=O)O.O=C(O)C(=O)O. The fourth-order valence-electron chi connectivity index (χ4n) is 1.84. The first-order valence-corrected chi connectivity index (χ1v) is 7.59. The van der Waals surface area contributed by atoms with Crippen molar-refractivity contribution in [3.8, 4) is 0 Å². The van der Waals surface area contributed by atoms with Crippen molar-refractivity contribution in [2.75, 3.05) is 18.4 Å². The minimum absolute atomic E-state index is 0.663. The number of hydrogen-bond donors (Lipinski definition) is 6. The highest BCUT2D eigenvalue weighted by Gasteiger charge is 2.12. The lowest BCUT2D eigenvalue weighted by atomic mass is 10.2. The van der Waals surface area contributed by atoms with Crippen LogP contribution in [0.4, 0.5) is 5.69 Å². The highest BCUT2D eigenvalue weighted by molar-refractivity contribution is 6.27. The summed E-state index contributed by atoms with van der Waals surface area (Å²) in [5.41, 5.74) is 2.54. The smallest absolute Gasteiger partial charge is 0.414 e. The Morgan fingerprint density at radius 2 is 1.42 bits per heavy atom. The Morgan fingerprint density at radius 3 is 1.77 bits per heavy atom. The van der Waals surface area contributed by atoms with Crippen molar-refractivity contribution in [3.05, 3.63) is 29.8 Å². The molecule has 1 heterocycles. The molecule has 0 bridgehead atoms. The summed E-state index contributed by atoms with van der Waals surface area (Å²) < 4.78 is 0. The van der Waals surface area contributed by atoms with Crippen molar-refractivity contribution in [1.29, 1.82) is 0 Å². The minimum atomic E-state index is -1.82. The molecule has 0 aromatic heterocycles. The molecule has 0 spiro atoms. The van der Waals surface area contributed by atoms with Gasteiger partial charge >= 0.3 is 23.9 Å². The molecule has 0 amide bonds. The van der Waals surface area contributed by atoms with E-state index in [0.717, 1.165) is 6.54 Å². The lowest BCUT2D eigenvalue weighted by molar-refractivity contribution is -0.159. The summed E-state index contributed by atoms with van der Waals surface area (Å²) in [5.74, 6) is -7.30. The van der Waals surface area contributed by atoms with Crippen LogP contribution >= 0.6 is 0 Å². The molecular formula is C16H22N2O8. The molecule has 1 fully saturated rings. The minimum Gasteiger partial charge on any atom is -0.473 e. The summed E-state index contributed by atoms with van der Waals surface area (Å²) in [6.07, 6.45) is 2.62. The zero-order valence-corrected chi connectivity index (χ0v) is 14.1. The van der Waals surface area contributed by atoms with Crippen LogP contribution in [0.1, 0.15) is 18.4 Å². The number of rotatable bonds is 3. The summed E-state index contributed by atoms with van der Waals surface area (Å²) in [7, 11) is 0. The summed E-state index contributed by atoms with van der Waals surface area (Å²) >= 11 is 0. The first-order chi connectivity index (χ1) is 12.1. The number of carbonyl (C=O) groups is 4. The van der Waals surface area contributed by atoms with E-state index in [-0.39, 0.29) is 0 Å². The Hall–Kier alpha value is -3.14. The molecule has 1 unspecified atom stereocenters. The van der Waals surface area contributed by atoms with Crippen molar-refractivity contribution in [1.82, 2.24) is 5.32 Å². The van der Waals surface area contributed by atoms with Gasteiger partial charge in [-0.1, -0.05) is 17.7 Å². The highest BCUT2D eigenvalue weighted by Crippen LogP contribution is 2.10. The fourth-order valence-corrected chi connectivity index (χ4v) is 1.84. The van der Waals surface area contributed by atoms with Crippen molar-refractivity contribution >= 4 is 29.6 Å². The largest absolute Gasteiger partial charge is 0.473 e. The monoisotopic (exact) mass is 370 g/mol. The van der Waals surface area contributed by atoms with Crippen molar-refractivity contribution in [2.24, 2.45) is 0 Å². The zero-order chi connectivity index (χ0) is 20.1. The molecule has 144 valence electrons. The Kier molecular flexibility index (Phi) is 10.8. The number of aliphatic carboxylic acids is 4. The number of carboxylic acids is 4. The molecule has 1 aromatic rings. The molecule has 1 aromatic carbocycles. The van der Waals surface area contributed by atoms with Gasteiger partial charge in [-0.2, -0.15) is 0 Å². The molecule has 26 heavy (non-hydrogen) atoms. The maximum absolute atomic E-state index is 9.10. The molecule has 10 heteroatoms. The third kappa shape index (κ3) is 11.4. The Bertz CT molecular complexity index is 561. The van der Waals surface area contributed by atoms with Crippen LogP contribution in [0.25, 0.3) is 0 Å². The average Bonchev–Trinajstić information content (AvgIpc) is 3.09. The van der Waals surface area contributed by atoms with Crippen LogP contribution in [0.2, 0.25) is 0 Å². The molecule has 2 rings (SSSR count). The first kappa shape index (κ1) is 22.9. The van der Waals surface area contributed by atoms with Crippen LogP contribution in [0.3, 0.4) is 0 Å². The van der Waals surface area contributed by atoms with Gasteiger partial charge in [-0.3, -0.25) is 0 Å². The van der Waals surface area contributed by atoms with Crippen LogP contribution in [0.15, 0.2) is 24.3 Å². The maximum atomic E-state index is 9.10. The lowest BCUT2D eigenvalue weighted by Crippen LogP contribution is -2.29. The van der Waals surface area contributed by atoms with Gasteiger partial charge in [0.2, 0.25) is 0 Å². The Labute approximate surface area is 149 Å². The van der Waals surface area contributed by atoms with E-state index < -0.39 is 23.9 Å².